The Labute approximate surface area is 158 Å². The van der Waals surface area contributed by atoms with Crippen LogP contribution < -0.4 is 4.74 Å². The predicted molar refractivity (Wildman–Crippen MR) is 99.0 cm³/mol. The molecule has 1 saturated heterocycles. The van der Waals surface area contributed by atoms with Crippen LogP contribution in [0.15, 0.2) is 42.6 Å². The molecule has 1 atom stereocenters. The van der Waals surface area contributed by atoms with E-state index in [0.717, 1.165) is 25.3 Å². The number of hydrogen-bond donors (Lipinski definition) is 1. The molecule has 1 aliphatic rings. The third kappa shape index (κ3) is 5.02. The van der Waals surface area contributed by atoms with Gasteiger partial charge in [-0.2, -0.15) is 0 Å². The molecular weight excluding hydrogens is 349 g/mol. The molecule has 2 aromatic rings. The van der Waals surface area contributed by atoms with E-state index in [1.54, 1.807) is 19.2 Å². The first kappa shape index (κ1) is 19.3. The van der Waals surface area contributed by atoms with Crippen molar-refractivity contribution in [1.82, 2.24) is 14.8 Å². The molecule has 0 radical (unpaired) electrons. The highest BCUT2D eigenvalue weighted by Crippen LogP contribution is 2.27. The number of benzene rings is 1. The second-order valence-electron chi connectivity index (χ2n) is 6.53. The van der Waals surface area contributed by atoms with Gasteiger partial charge in [0.1, 0.15) is 17.6 Å². The Bertz CT molecular complexity index is 764. The molecule has 7 heteroatoms. The van der Waals surface area contributed by atoms with Gasteiger partial charge in [-0.25, -0.2) is 4.39 Å². The number of aliphatic carboxylic acids is 1. The van der Waals surface area contributed by atoms with Crippen LogP contribution in [0.1, 0.15) is 24.2 Å². The molecule has 27 heavy (non-hydrogen) atoms. The largest absolute Gasteiger partial charge is 0.494 e. The van der Waals surface area contributed by atoms with Gasteiger partial charge in [0, 0.05) is 45.0 Å². The van der Waals surface area contributed by atoms with Crippen LogP contribution in [0.5, 0.6) is 5.75 Å². The summed E-state index contributed by atoms with van der Waals surface area (Å²) < 4.78 is 19.3. The molecule has 0 bridgehead atoms. The maximum atomic E-state index is 13.9. The Kier molecular flexibility index (Phi) is 6.36. The van der Waals surface area contributed by atoms with Gasteiger partial charge >= 0.3 is 5.97 Å². The quantitative estimate of drug-likeness (QED) is 0.805. The van der Waals surface area contributed by atoms with Crippen LogP contribution in [-0.4, -0.2) is 58.6 Å². The zero-order valence-corrected chi connectivity index (χ0v) is 15.3. The summed E-state index contributed by atoms with van der Waals surface area (Å²) in [5, 5.41) is 9.76. The highest BCUT2D eigenvalue weighted by molar-refractivity contribution is 5.75. The lowest BCUT2D eigenvalue weighted by molar-refractivity contribution is -0.144. The Morgan fingerprint density at radius 3 is 2.67 bits per heavy atom. The van der Waals surface area contributed by atoms with Crippen molar-refractivity contribution in [2.45, 2.75) is 19.5 Å². The first-order chi connectivity index (χ1) is 13.1. The van der Waals surface area contributed by atoms with E-state index >= 15 is 0 Å². The van der Waals surface area contributed by atoms with E-state index < -0.39 is 17.8 Å². The van der Waals surface area contributed by atoms with E-state index in [-0.39, 0.29) is 0 Å². The molecule has 2 heterocycles. The summed E-state index contributed by atoms with van der Waals surface area (Å²) >= 11 is 0. The molecular formula is C20H24FN3O3. The molecule has 1 N–H and O–H groups in total. The van der Waals surface area contributed by atoms with Crippen molar-refractivity contribution >= 4 is 5.97 Å². The first-order valence-corrected chi connectivity index (χ1v) is 9.09. The number of carboxylic acid groups (broad SMARTS) is 1. The second kappa shape index (κ2) is 8.92. The van der Waals surface area contributed by atoms with Gasteiger partial charge in [-0.05, 0) is 36.8 Å². The summed E-state index contributed by atoms with van der Waals surface area (Å²) in [6.45, 7) is 5.57. The second-order valence-corrected chi connectivity index (χ2v) is 6.53. The molecule has 0 amide bonds. The monoisotopic (exact) mass is 373 g/mol. The van der Waals surface area contributed by atoms with E-state index in [0.29, 0.717) is 31.0 Å². The molecule has 3 rings (SSSR count). The van der Waals surface area contributed by atoms with Crippen molar-refractivity contribution in [2.75, 3.05) is 32.8 Å². The van der Waals surface area contributed by atoms with Crippen molar-refractivity contribution in [3.63, 3.8) is 0 Å². The Hall–Kier alpha value is -2.51. The molecule has 0 spiro atoms. The molecule has 144 valence electrons. The van der Waals surface area contributed by atoms with Crippen LogP contribution in [0.2, 0.25) is 0 Å². The molecule has 1 unspecified atom stereocenters. The van der Waals surface area contributed by atoms with Crippen LogP contribution in [0.3, 0.4) is 0 Å². The van der Waals surface area contributed by atoms with Gasteiger partial charge in [-0.3, -0.25) is 19.6 Å². The lowest BCUT2D eigenvalue weighted by Gasteiger charge is -2.37. The van der Waals surface area contributed by atoms with Crippen molar-refractivity contribution in [3.05, 3.63) is 59.7 Å². The van der Waals surface area contributed by atoms with E-state index in [1.165, 1.54) is 12.1 Å². The van der Waals surface area contributed by atoms with Gasteiger partial charge in [0.25, 0.3) is 0 Å². The summed E-state index contributed by atoms with van der Waals surface area (Å²) in [5.41, 5.74) is 1.40. The minimum Gasteiger partial charge on any atom is -0.494 e. The zero-order valence-electron chi connectivity index (χ0n) is 15.3. The fourth-order valence-electron chi connectivity index (χ4n) is 3.40. The summed E-state index contributed by atoms with van der Waals surface area (Å²) in [6.07, 6.45) is 1.77. The minimum atomic E-state index is -0.985. The number of hydrogen-bond acceptors (Lipinski definition) is 5. The average molecular weight is 373 g/mol. The molecule has 1 fully saturated rings. The van der Waals surface area contributed by atoms with Crippen molar-refractivity contribution in [3.8, 4) is 5.75 Å². The van der Waals surface area contributed by atoms with Crippen LogP contribution >= 0.6 is 0 Å². The number of nitrogens with zero attached hydrogens (tertiary/aromatic N) is 3. The third-order valence-corrected chi connectivity index (χ3v) is 4.64. The summed E-state index contributed by atoms with van der Waals surface area (Å²) in [7, 11) is 0. The predicted octanol–water partition coefficient (Wildman–Crippen LogP) is 2.56. The maximum Gasteiger partial charge on any atom is 0.325 e. The van der Waals surface area contributed by atoms with Gasteiger partial charge in [0.15, 0.2) is 0 Å². The molecule has 1 aliphatic heterocycles. The standard InChI is InChI=1S/C20H24FN3O3/c1-2-27-18-12-15(11-16(21)13-18)19(20(25)26)24-9-7-23(8-10-24)14-17-5-3-4-6-22-17/h3-6,11-13,19H,2,7-10,14H2,1H3,(H,25,26). The number of halogens is 1. The summed E-state index contributed by atoms with van der Waals surface area (Å²) in [5.74, 6) is -1.12. The lowest BCUT2D eigenvalue weighted by Crippen LogP contribution is -2.48. The maximum absolute atomic E-state index is 13.9. The Morgan fingerprint density at radius 1 is 1.26 bits per heavy atom. The molecule has 6 nitrogen and oxygen atoms in total. The van der Waals surface area contributed by atoms with E-state index in [1.807, 2.05) is 23.1 Å². The van der Waals surface area contributed by atoms with E-state index in [4.69, 9.17) is 4.74 Å². The van der Waals surface area contributed by atoms with Crippen LogP contribution in [0.4, 0.5) is 4.39 Å². The van der Waals surface area contributed by atoms with Crippen molar-refractivity contribution < 1.29 is 19.0 Å². The van der Waals surface area contributed by atoms with Gasteiger partial charge < -0.3 is 9.84 Å². The number of piperazine rings is 1. The summed E-state index contributed by atoms with van der Waals surface area (Å²) in [4.78, 5) is 20.4. The third-order valence-electron chi connectivity index (χ3n) is 4.64. The lowest BCUT2D eigenvalue weighted by atomic mass is 10.0. The summed E-state index contributed by atoms with van der Waals surface area (Å²) in [6, 6.07) is 9.10. The number of rotatable bonds is 7. The first-order valence-electron chi connectivity index (χ1n) is 9.09. The number of ether oxygens (including phenoxy) is 1. The molecule has 1 aromatic heterocycles. The van der Waals surface area contributed by atoms with E-state index in [2.05, 4.69) is 9.88 Å². The smallest absolute Gasteiger partial charge is 0.325 e. The Balaban J connectivity index is 1.69. The zero-order chi connectivity index (χ0) is 19.2. The van der Waals surface area contributed by atoms with Gasteiger partial charge in [-0.1, -0.05) is 6.07 Å². The molecule has 0 saturated carbocycles. The van der Waals surface area contributed by atoms with Gasteiger partial charge in [-0.15, -0.1) is 0 Å². The highest BCUT2D eigenvalue weighted by Gasteiger charge is 2.31. The number of carbonyl (C=O) groups is 1. The number of aromatic nitrogens is 1. The SMILES string of the molecule is CCOc1cc(F)cc(C(C(=O)O)N2CCN(Cc3ccccn3)CC2)c1. The van der Waals surface area contributed by atoms with Crippen LogP contribution in [-0.2, 0) is 11.3 Å². The van der Waals surface area contributed by atoms with Crippen LogP contribution in [0, 0.1) is 5.82 Å². The minimum absolute atomic E-state index is 0.354. The number of carboxylic acids is 1. The van der Waals surface area contributed by atoms with Gasteiger partial charge in [0.05, 0.1) is 12.3 Å². The average Bonchev–Trinajstić information content (AvgIpc) is 2.64. The van der Waals surface area contributed by atoms with E-state index in [9.17, 15) is 14.3 Å². The van der Waals surface area contributed by atoms with Crippen molar-refractivity contribution in [2.24, 2.45) is 0 Å². The fraction of sp³-hybridized carbons (Fsp3) is 0.400. The highest BCUT2D eigenvalue weighted by atomic mass is 19.1. The van der Waals surface area contributed by atoms with Crippen molar-refractivity contribution in [1.29, 1.82) is 0 Å². The molecule has 0 aliphatic carbocycles. The van der Waals surface area contributed by atoms with Crippen LogP contribution in [0.25, 0.3) is 0 Å². The Morgan fingerprint density at radius 2 is 2.04 bits per heavy atom. The number of pyridine rings is 1. The normalized spacial score (nSPS) is 16.8. The fourth-order valence-corrected chi connectivity index (χ4v) is 3.40. The van der Waals surface area contributed by atoms with Gasteiger partial charge in [0.2, 0.25) is 0 Å². The molecule has 1 aromatic carbocycles. The topological polar surface area (TPSA) is 65.9 Å².